The van der Waals surface area contributed by atoms with Crippen molar-refractivity contribution in [2.24, 2.45) is 5.92 Å². The zero-order chi connectivity index (χ0) is 10.7. The Morgan fingerprint density at radius 2 is 2.53 bits per heavy atom. The van der Waals surface area contributed by atoms with E-state index in [9.17, 15) is 0 Å². The molecule has 1 unspecified atom stereocenters. The number of aryl methyl sites for hydroxylation is 1. The standard InChI is InChI=1S/C11H18N2O2/c1-15-5-3-10-7-13-4-2-9(8-14)6-11(13)12-10/h7,9,14H,2-6,8H2,1H3. The van der Waals surface area contributed by atoms with E-state index >= 15 is 0 Å². The topological polar surface area (TPSA) is 47.3 Å². The van der Waals surface area contributed by atoms with Crippen LogP contribution in [0.4, 0.5) is 0 Å². The maximum absolute atomic E-state index is 9.11. The molecule has 0 fully saturated rings. The first-order chi connectivity index (χ1) is 7.33. The summed E-state index contributed by atoms with van der Waals surface area (Å²) in [5, 5.41) is 9.11. The smallest absolute Gasteiger partial charge is 0.109 e. The van der Waals surface area contributed by atoms with Crippen LogP contribution in [-0.4, -0.2) is 35.0 Å². The quantitative estimate of drug-likeness (QED) is 0.792. The fraction of sp³-hybridized carbons (Fsp3) is 0.727. The summed E-state index contributed by atoms with van der Waals surface area (Å²) in [7, 11) is 1.71. The van der Waals surface area contributed by atoms with Crippen molar-refractivity contribution in [1.82, 2.24) is 9.55 Å². The van der Waals surface area contributed by atoms with E-state index in [0.29, 0.717) is 5.92 Å². The van der Waals surface area contributed by atoms with Gasteiger partial charge < -0.3 is 14.4 Å². The van der Waals surface area contributed by atoms with Gasteiger partial charge in [-0.25, -0.2) is 4.98 Å². The second kappa shape index (κ2) is 4.77. The molecule has 84 valence electrons. The highest BCUT2D eigenvalue weighted by Crippen LogP contribution is 2.19. The number of hydrogen-bond acceptors (Lipinski definition) is 3. The van der Waals surface area contributed by atoms with Gasteiger partial charge >= 0.3 is 0 Å². The van der Waals surface area contributed by atoms with Gasteiger partial charge in [-0.3, -0.25) is 0 Å². The molecule has 0 saturated carbocycles. The van der Waals surface area contributed by atoms with Crippen molar-refractivity contribution in [3.63, 3.8) is 0 Å². The van der Waals surface area contributed by atoms with Gasteiger partial charge in [0.1, 0.15) is 5.82 Å². The Balaban J connectivity index is 2.04. The van der Waals surface area contributed by atoms with Gasteiger partial charge in [-0.15, -0.1) is 0 Å². The number of fused-ring (bicyclic) bond motifs is 1. The maximum atomic E-state index is 9.11. The lowest BCUT2D eigenvalue weighted by molar-refractivity contribution is 0.199. The van der Waals surface area contributed by atoms with Crippen molar-refractivity contribution in [2.75, 3.05) is 20.3 Å². The molecule has 0 aromatic carbocycles. The van der Waals surface area contributed by atoms with Crippen molar-refractivity contribution in [2.45, 2.75) is 25.8 Å². The average Bonchev–Trinajstić information content (AvgIpc) is 2.67. The van der Waals surface area contributed by atoms with E-state index in [1.165, 1.54) is 0 Å². The molecule has 0 amide bonds. The van der Waals surface area contributed by atoms with Crippen LogP contribution < -0.4 is 0 Å². The van der Waals surface area contributed by atoms with E-state index in [0.717, 1.165) is 43.9 Å². The molecule has 1 aromatic rings. The van der Waals surface area contributed by atoms with Gasteiger partial charge in [0.15, 0.2) is 0 Å². The molecule has 2 heterocycles. The van der Waals surface area contributed by atoms with Crippen molar-refractivity contribution < 1.29 is 9.84 Å². The average molecular weight is 210 g/mol. The van der Waals surface area contributed by atoms with E-state index in [1.807, 2.05) is 0 Å². The molecule has 4 heteroatoms. The van der Waals surface area contributed by atoms with Crippen LogP contribution in [0.3, 0.4) is 0 Å². The van der Waals surface area contributed by atoms with Gasteiger partial charge in [0.25, 0.3) is 0 Å². The Kier molecular flexibility index (Phi) is 3.38. The van der Waals surface area contributed by atoms with Gasteiger partial charge in [0.05, 0.1) is 12.3 Å². The first-order valence-corrected chi connectivity index (χ1v) is 5.48. The molecular weight excluding hydrogens is 192 g/mol. The number of aliphatic hydroxyl groups is 1. The van der Waals surface area contributed by atoms with E-state index in [4.69, 9.17) is 9.84 Å². The van der Waals surface area contributed by atoms with Crippen LogP contribution in [-0.2, 0) is 24.1 Å². The van der Waals surface area contributed by atoms with E-state index < -0.39 is 0 Å². The zero-order valence-electron chi connectivity index (χ0n) is 9.15. The van der Waals surface area contributed by atoms with Crippen LogP contribution in [0, 0.1) is 5.92 Å². The monoisotopic (exact) mass is 210 g/mol. The number of nitrogens with zero attached hydrogens (tertiary/aromatic N) is 2. The predicted octanol–water partition coefficient (Wildman–Crippen LogP) is 0.627. The Morgan fingerprint density at radius 1 is 1.67 bits per heavy atom. The third-order valence-electron chi connectivity index (χ3n) is 2.98. The molecule has 0 bridgehead atoms. The zero-order valence-corrected chi connectivity index (χ0v) is 9.15. The van der Waals surface area contributed by atoms with Gasteiger partial charge in [-0.05, 0) is 12.3 Å². The van der Waals surface area contributed by atoms with Gasteiger partial charge in [0.2, 0.25) is 0 Å². The Labute approximate surface area is 89.9 Å². The molecule has 0 saturated heterocycles. The second-order valence-electron chi connectivity index (χ2n) is 4.13. The highest BCUT2D eigenvalue weighted by molar-refractivity contribution is 5.07. The molecule has 15 heavy (non-hydrogen) atoms. The van der Waals surface area contributed by atoms with Crippen molar-refractivity contribution in [1.29, 1.82) is 0 Å². The minimum absolute atomic E-state index is 0.278. The number of imidazole rings is 1. The SMILES string of the molecule is COCCc1cn2c(n1)CC(CO)CC2. The summed E-state index contributed by atoms with van der Waals surface area (Å²) in [6.45, 7) is 1.99. The van der Waals surface area contributed by atoms with Gasteiger partial charge in [-0.2, -0.15) is 0 Å². The lowest BCUT2D eigenvalue weighted by atomic mass is 9.99. The molecule has 1 aromatic heterocycles. The molecule has 0 aliphatic carbocycles. The first-order valence-electron chi connectivity index (χ1n) is 5.48. The summed E-state index contributed by atoms with van der Waals surface area (Å²) < 4.78 is 7.24. The molecule has 1 N–H and O–H groups in total. The van der Waals surface area contributed by atoms with Gasteiger partial charge in [0, 0.05) is 39.3 Å². The van der Waals surface area contributed by atoms with Crippen molar-refractivity contribution in [3.8, 4) is 0 Å². The predicted molar refractivity (Wildman–Crippen MR) is 56.7 cm³/mol. The number of hydrogen-bond donors (Lipinski definition) is 1. The third kappa shape index (κ3) is 2.38. The lowest BCUT2D eigenvalue weighted by Crippen LogP contribution is -2.21. The lowest BCUT2D eigenvalue weighted by Gasteiger charge is -2.20. The molecule has 0 spiro atoms. The third-order valence-corrected chi connectivity index (χ3v) is 2.98. The Hall–Kier alpha value is -0.870. The van der Waals surface area contributed by atoms with Crippen LogP contribution >= 0.6 is 0 Å². The largest absolute Gasteiger partial charge is 0.396 e. The second-order valence-corrected chi connectivity index (χ2v) is 4.13. The first kappa shape index (κ1) is 10.6. The van der Waals surface area contributed by atoms with Crippen LogP contribution in [0.5, 0.6) is 0 Å². The van der Waals surface area contributed by atoms with Crippen molar-refractivity contribution >= 4 is 0 Å². The number of ether oxygens (including phenoxy) is 1. The fourth-order valence-electron chi connectivity index (χ4n) is 2.03. The Bertz CT molecular complexity index is 322. The van der Waals surface area contributed by atoms with E-state index in [2.05, 4.69) is 15.7 Å². The number of rotatable bonds is 4. The molecule has 1 atom stereocenters. The summed E-state index contributed by atoms with van der Waals surface area (Å²) in [6.07, 6.45) is 4.95. The van der Waals surface area contributed by atoms with E-state index in [1.54, 1.807) is 7.11 Å². The molecule has 2 rings (SSSR count). The van der Waals surface area contributed by atoms with Crippen LogP contribution in [0.2, 0.25) is 0 Å². The summed E-state index contributed by atoms with van der Waals surface area (Å²) in [5.74, 6) is 1.52. The van der Waals surface area contributed by atoms with Crippen molar-refractivity contribution in [3.05, 3.63) is 17.7 Å². The normalized spacial score (nSPS) is 20.3. The van der Waals surface area contributed by atoms with E-state index in [-0.39, 0.29) is 6.61 Å². The molecular formula is C11H18N2O2. The van der Waals surface area contributed by atoms with Crippen LogP contribution in [0.15, 0.2) is 6.20 Å². The minimum atomic E-state index is 0.278. The maximum Gasteiger partial charge on any atom is 0.109 e. The van der Waals surface area contributed by atoms with Crippen LogP contribution in [0.1, 0.15) is 17.9 Å². The summed E-state index contributed by atoms with van der Waals surface area (Å²) in [5.41, 5.74) is 1.10. The summed E-state index contributed by atoms with van der Waals surface area (Å²) >= 11 is 0. The van der Waals surface area contributed by atoms with Gasteiger partial charge in [-0.1, -0.05) is 0 Å². The number of methoxy groups -OCH3 is 1. The molecule has 1 aliphatic rings. The highest BCUT2D eigenvalue weighted by atomic mass is 16.5. The minimum Gasteiger partial charge on any atom is -0.396 e. The molecule has 4 nitrogen and oxygen atoms in total. The highest BCUT2D eigenvalue weighted by Gasteiger charge is 2.19. The number of aromatic nitrogens is 2. The summed E-state index contributed by atoms with van der Waals surface area (Å²) in [6, 6.07) is 0. The molecule has 0 radical (unpaired) electrons. The summed E-state index contributed by atoms with van der Waals surface area (Å²) in [4.78, 5) is 4.56. The molecule has 1 aliphatic heterocycles. The fourth-order valence-corrected chi connectivity index (χ4v) is 2.03. The number of aliphatic hydroxyl groups excluding tert-OH is 1. The Morgan fingerprint density at radius 3 is 3.27 bits per heavy atom. The van der Waals surface area contributed by atoms with Crippen LogP contribution in [0.25, 0.3) is 0 Å².